The van der Waals surface area contributed by atoms with Crippen molar-refractivity contribution in [3.63, 3.8) is 0 Å². The number of fused-ring (bicyclic) bond motifs is 1. The highest BCUT2D eigenvalue weighted by atomic mass is 16.7. The topological polar surface area (TPSA) is 82.3 Å². The van der Waals surface area contributed by atoms with E-state index in [4.69, 9.17) is 14.3 Å². The van der Waals surface area contributed by atoms with Gasteiger partial charge in [0.25, 0.3) is 5.79 Å². The Labute approximate surface area is 171 Å². The number of carboxylic acids is 1. The van der Waals surface area contributed by atoms with Crippen LogP contribution in [0.1, 0.15) is 45.6 Å². The van der Waals surface area contributed by atoms with E-state index >= 15 is 0 Å². The highest BCUT2D eigenvalue weighted by molar-refractivity contribution is 6.09. The van der Waals surface area contributed by atoms with Crippen LogP contribution < -0.4 is 0 Å². The van der Waals surface area contributed by atoms with Gasteiger partial charge in [0.2, 0.25) is 0 Å². The molecular weight excluding hydrogens is 372 g/mol. The Kier molecular flexibility index (Phi) is 6.59. The molecule has 0 amide bonds. The lowest BCUT2D eigenvalue weighted by Crippen LogP contribution is -2.51. The molecule has 1 aromatic heterocycles. The second kappa shape index (κ2) is 8.97. The van der Waals surface area contributed by atoms with E-state index in [-0.39, 0.29) is 12.0 Å². The standard InChI is InChI=1S/C22H30N2O5/c1-15(19-13-24(4)20-11-6-5-10-18(19)20)23-28-12-8-7-9-17-14-27-22(3,21(25)26)29-16(17)2/h5-6,10-11,13,16-17H,7-9,12,14H2,1-4H3,(H,25,26). The Hall–Kier alpha value is -2.38. The molecule has 1 saturated heterocycles. The number of carboxylic acid groups (broad SMARTS) is 1. The molecule has 1 N–H and O–H groups in total. The summed E-state index contributed by atoms with van der Waals surface area (Å²) in [6.45, 7) is 6.25. The number of aryl methyl sites for hydroxylation is 1. The number of rotatable bonds is 8. The van der Waals surface area contributed by atoms with E-state index < -0.39 is 11.8 Å². The molecule has 1 fully saturated rings. The van der Waals surface area contributed by atoms with Crippen molar-refractivity contribution < 1.29 is 24.2 Å². The van der Waals surface area contributed by atoms with Gasteiger partial charge in [-0.2, -0.15) is 0 Å². The summed E-state index contributed by atoms with van der Waals surface area (Å²) in [5.41, 5.74) is 3.11. The maximum Gasteiger partial charge on any atom is 0.364 e. The molecule has 29 heavy (non-hydrogen) atoms. The van der Waals surface area contributed by atoms with Crippen molar-refractivity contribution in [1.82, 2.24) is 4.57 Å². The van der Waals surface area contributed by atoms with Crippen LogP contribution in [0.4, 0.5) is 0 Å². The van der Waals surface area contributed by atoms with Crippen LogP contribution in [-0.4, -0.2) is 46.5 Å². The van der Waals surface area contributed by atoms with Gasteiger partial charge in [-0.05, 0) is 39.2 Å². The van der Waals surface area contributed by atoms with Crippen molar-refractivity contribution in [3.05, 3.63) is 36.0 Å². The molecule has 7 nitrogen and oxygen atoms in total. The van der Waals surface area contributed by atoms with Crippen LogP contribution in [0.25, 0.3) is 10.9 Å². The van der Waals surface area contributed by atoms with Crippen molar-refractivity contribution in [3.8, 4) is 0 Å². The molecule has 1 aliphatic rings. The number of nitrogens with zero attached hydrogens (tertiary/aromatic N) is 2. The van der Waals surface area contributed by atoms with Gasteiger partial charge in [0.1, 0.15) is 6.61 Å². The third-order valence-corrected chi connectivity index (χ3v) is 5.58. The minimum absolute atomic E-state index is 0.155. The van der Waals surface area contributed by atoms with Gasteiger partial charge in [-0.25, -0.2) is 4.79 Å². The van der Waals surface area contributed by atoms with Gasteiger partial charge in [-0.15, -0.1) is 0 Å². The molecule has 2 heterocycles. The molecule has 3 rings (SSSR count). The summed E-state index contributed by atoms with van der Waals surface area (Å²) in [6.07, 6.45) is 4.62. The molecule has 158 valence electrons. The molecular formula is C22H30N2O5. The highest BCUT2D eigenvalue weighted by Gasteiger charge is 2.43. The first kappa shape index (κ1) is 21.3. The molecule has 3 unspecified atom stereocenters. The SMILES string of the molecule is CC(=NOCCCCC1COC(C)(C(=O)O)OC1C)c1cn(C)c2ccccc12. The van der Waals surface area contributed by atoms with E-state index in [1.54, 1.807) is 0 Å². The van der Waals surface area contributed by atoms with E-state index in [0.29, 0.717) is 13.2 Å². The summed E-state index contributed by atoms with van der Waals surface area (Å²) < 4.78 is 13.1. The molecule has 3 atom stereocenters. The molecule has 1 aromatic carbocycles. The van der Waals surface area contributed by atoms with Crippen molar-refractivity contribution in [2.24, 2.45) is 18.1 Å². The molecule has 1 aliphatic heterocycles. The summed E-state index contributed by atoms with van der Waals surface area (Å²) in [6, 6.07) is 8.24. The predicted molar refractivity (Wildman–Crippen MR) is 111 cm³/mol. The molecule has 0 bridgehead atoms. The molecule has 0 radical (unpaired) electrons. The zero-order valence-electron chi connectivity index (χ0n) is 17.6. The Morgan fingerprint density at radius 2 is 2.14 bits per heavy atom. The fraction of sp³-hybridized carbons (Fsp3) is 0.545. The van der Waals surface area contributed by atoms with E-state index in [1.165, 1.54) is 17.8 Å². The van der Waals surface area contributed by atoms with Crippen molar-refractivity contribution >= 4 is 22.6 Å². The number of hydrogen-bond donors (Lipinski definition) is 1. The summed E-state index contributed by atoms with van der Waals surface area (Å²) in [5, 5.41) is 14.6. The summed E-state index contributed by atoms with van der Waals surface area (Å²) in [4.78, 5) is 16.7. The minimum atomic E-state index is -1.53. The average Bonchev–Trinajstić information content (AvgIpc) is 3.03. The Morgan fingerprint density at radius 1 is 1.38 bits per heavy atom. The number of oxime groups is 1. The first-order chi connectivity index (χ1) is 13.8. The van der Waals surface area contributed by atoms with Crippen molar-refractivity contribution in [1.29, 1.82) is 0 Å². The second-order valence-electron chi connectivity index (χ2n) is 7.82. The van der Waals surface area contributed by atoms with Gasteiger partial charge in [0, 0.05) is 42.6 Å². The number of ether oxygens (including phenoxy) is 2. The van der Waals surface area contributed by atoms with Crippen LogP contribution in [0.15, 0.2) is 35.6 Å². The van der Waals surface area contributed by atoms with E-state index in [9.17, 15) is 9.90 Å². The quantitative estimate of drug-likeness (QED) is 0.411. The normalized spacial score (nSPS) is 25.3. The summed E-state index contributed by atoms with van der Waals surface area (Å²) in [5.74, 6) is -2.44. The summed E-state index contributed by atoms with van der Waals surface area (Å²) in [7, 11) is 2.03. The first-order valence-electron chi connectivity index (χ1n) is 10.1. The maximum atomic E-state index is 11.2. The van der Waals surface area contributed by atoms with Gasteiger partial charge in [0.05, 0.1) is 18.4 Å². The van der Waals surface area contributed by atoms with Crippen LogP contribution >= 0.6 is 0 Å². The third-order valence-electron chi connectivity index (χ3n) is 5.58. The lowest BCUT2D eigenvalue weighted by atomic mass is 9.96. The monoisotopic (exact) mass is 402 g/mol. The molecule has 7 heteroatoms. The predicted octanol–water partition coefficient (Wildman–Crippen LogP) is 3.94. The summed E-state index contributed by atoms with van der Waals surface area (Å²) >= 11 is 0. The number of aromatic nitrogens is 1. The van der Waals surface area contributed by atoms with Crippen LogP contribution in [0.3, 0.4) is 0 Å². The fourth-order valence-corrected chi connectivity index (χ4v) is 3.71. The van der Waals surface area contributed by atoms with Gasteiger partial charge in [-0.1, -0.05) is 23.4 Å². The smallest absolute Gasteiger partial charge is 0.364 e. The van der Waals surface area contributed by atoms with Crippen LogP contribution in [0.2, 0.25) is 0 Å². The van der Waals surface area contributed by atoms with Gasteiger partial charge >= 0.3 is 5.97 Å². The zero-order chi connectivity index (χ0) is 21.0. The maximum absolute atomic E-state index is 11.2. The number of unbranched alkanes of at least 4 members (excludes halogenated alkanes) is 1. The Morgan fingerprint density at radius 3 is 2.86 bits per heavy atom. The van der Waals surface area contributed by atoms with Crippen LogP contribution in [-0.2, 0) is 26.2 Å². The Balaban J connectivity index is 1.42. The number of benzene rings is 1. The van der Waals surface area contributed by atoms with E-state index in [0.717, 1.165) is 30.5 Å². The largest absolute Gasteiger partial charge is 0.477 e. The van der Waals surface area contributed by atoms with Crippen molar-refractivity contribution in [2.45, 2.75) is 51.9 Å². The number of aliphatic carboxylic acids is 1. The van der Waals surface area contributed by atoms with E-state index in [2.05, 4.69) is 28.1 Å². The second-order valence-corrected chi connectivity index (χ2v) is 7.82. The van der Waals surface area contributed by atoms with Crippen LogP contribution in [0.5, 0.6) is 0 Å². The molecule has 0 saturated carbocycles. The molecule has 0 spiro atoms. The lowest BCUT2D eigenvalue weighted by Gasteiger charge is -2.39. The lowest BCUT2D eigenvalue weighted by molar-refractivity contribution is -0.292. The molecule has 0 aliphatic carbocycles. The third kappa shape index (κ3) is 4.79. The average molecular weight is 402 g/mol. The number of para-hydroxylation sites is 1. The van der Waals surface area contributed by atoms with E-state index in [1.807, 2.05) is 33.0 Å². The first-order valence-corrected chi connectivity index (χ1v) is 10.1. The van der Waals surface area contributed by atoms with Crippen molar-refractivity contribution in [2.75, 3.05) is 13.2 Å². The number of hydrogen-bond acceptors (Lipinski definition) is 5. The zero-order valence-corrected chi connectivity index (χ0v) is 17.6. The molecule has 2 aromatic rings. The van der Waals surface area contributed by atoms with Gasteiger partial charge in [0.15, 0.2) is 0 Å². The van der Waals surface area contributed by atoms with Gasteiger partial charge < -0.3 is 24.0 Å². The Bertz CT molecular complexity index is 890. The fourth-order valence-electron chi connectivity index (χ4n) is 3.71. The van der Waals surface area contributed by atoms with Gasteiger partial charge in [-0.3, -0.25) is 0 Å². The number of carbonyl (C=O) groups is 1. The minimum Gasteiger partial charge on any atom is -0.477 e. The highest BCUT2D eigenvalue weighted by Crippen LogP contribution is 2.29. The van der Waals surface area contributed by atoms with Crippen LogP contribution in [0, 0.1) is 5.92 Å².